The van der Waals surface area contributed by atoms with Crippen molar-refractivity contribution in [3.8, 4) is 11.4 Å². The molecule has 0 N–H and O–H groups in total. The number of pyridine rings is 1. The van der Waals surface area contributed by atoms with Crippen LogP contribution < -0.4 is 0 Å². The van der Waals surface area contributed by atoms with Crippen molar-refractivity contribution in [1.29, 1.82) is 0 Å². The largest absolute Gasteiger partial charge is 0.339 e. The average molecular weight is 364 g/mol. The van der Waals surface area contributed by atoms with E-state index in [0.717, 1.165) is 56.2 Å². The lowest BCUT2D eigenvalue weighted by Crippen LogP contribution is -2.34. The smallest absolute Gasteiger partial charge is 0.231 e. The molecule has 3 aromatic heterocycles. The number of hydrogen-bond donors (Lipinski definition) is 0. The van der Waals surface area contributed by atoms with Gasteiger partial charge >= 0.3 is 0 Å². The Balaban J connectivity index is 1.44. The van der Waals surface area contributed by atoms with Crippen molar-refractivity contribution in [2.75, 3.05) is 13.1 Å². The number of hydrogen-bond acceptors (Lipinski definition) is 6. The SMILES string of the molecule is C=CCn1cc(CN2CCCC(c3nc(-c4cccnc4)no3)C2)c(C)n1. The second-order valence-corrected chi connectivity index (χ2v) is 7.02. The van der Waals surface area contributed by atoms with Crippen molar-refractivity contribution in [2.24, 2.45) is 0 Å². The Morgan fingerprint density at radius 1 is 1.41 bits per heavy atom. The molecule has 1 atom stereocenters. The van der Waals surface area contributed by atoms with Crippen molar-refractivity contribution in [3.63, 3.8) is 0 Å². The zero-order valence-corrected chi connectivity index (χ0v) is 15.6. The first-order chi connectivity index (χ1) is 13.2. The maximum atomic E-state index is 5.57. The molecule has 4 heterocycles. The van der Waals surface area contributed by atoms with Crippen LogP contribution in [0.2, 0.25) is 0 Å². The van der Waals surface area contributed by atoms with Gasteiger partial charge in [-0.2, -0.15) is 10.1 Å². The van der Waals surface area contributed by atoms with Gasteiger partial charge in [-0.15, -0.1) is 6.58 Å². The van der Waals surface area contributed by atoms with Crippen LogP contribution in [0.4, 0.5) is 0 Å². The lowest BCUT2D eigenvalue weighted by Gasteiger charge is -2.30. The molecule has 1 fully saturated rings. The molecule has 0 amide bonds. The molecule has 0 bridgehead atoms. The number of nitrogens with zero attached hydrogens (tertiary/aromatic N) is 6. The number of allylic oxidation sites excluding steroid dienone is 1. The zero-order valence-electron chi connectivity index (χ0n) is 15.6. The Morgan fingerprint density at radius 2 is 2.33 bits per heavy atom. The Bertz CT molecular complexity index is 900. The van der Waals surface area contributed by atoms with E-state index in [1.165, 1.54) is 5.56 Å². The fourth-order valence-corrected chi connectivity index (χ4v) is 3.60. The molecular weight excluding hydrogens is 340 g/mol. The standard InChI is InChI=1S/C20H24N6O/c1-3-9-26-14-18(15(2)23-26)13-25-10-5-7-17(12-25)20-22-19(24-27-20)16-6-4-8-21-11-16/h3-4,6,8,11,14,17H,1,5,7,9-10,12-13H2,2H3. The molecule has 140 valence electrons. The van der Waals surface area contributed by atoms with Gasteiger partial charge in [0, 0.05) is 42.8 Å². The van der Waals surface area contributed by atoms with Crippen molar-refractivity contribution in [3.05, 3.63) is 60.5 Å². The normalized spacial score (nSPS) is 17.9. The van der Waals surface area contributed by atoms with E-state index in [1.54, 1.807) is 12.4 Å². The molecule has 1 aliphatic rings. The highest BCUT2D eigenvalue weighted by Crippen LogP contribution is 2.28. The van der Waals surface area contributed by atoms with Crippen LogP contribution in [-0.2, 0) is 13.1 Å². The van der Waals surface area contributed by atoms with E-state index in [0.29, 0.717) is 5.82 Å². The molecule has 27 heavy (non-hydrogen) atoms. The van der Waals surface area contributed by atoms with Gasteiger partial charge in [0.15, 0.2) is 0 Å². The summed E-state index contributed by atoms with van der Waals surface area (Å²) in [6.07, 6.45) is 9.67. The zero-order chi connectivity index (χ0) is 18.6. The molecule has 0 spiro atoms. The van der Waals surface area contributed by atoms with Crippen molar-refractivity contribution >= 4 is 0 Å². The highest BCUT2D eigenvalue weighted by molar-refractivity contribution is 5.51. The van der Waals surface area contributed by atoms with Crippen molar-refractivity contribution in [1.82, 2.24) is 29.8 Å². The van der Waals surface area contributed by atoms with Gasteiger partial charge in [0.1, 0.15) is 0 Å². The molecule has 0 radical (unpaired) electrons. The maximum Gasteiger partial charge on any atom is 0.231 e. The minimum Gasteiger partial charge on any atom is -0.339 e. The topological polar surface area (TPSA) is 72.9 Å². The molecule has 0 aromatic carbocycles. The van der Waals surface area contributed by atoms with E-state index >= 15 is 0 Å². The van der Waals surface area contributed by atoms with E-state index in [2.05, 4.69) is 44.8 Å². The van der Waals surface area contributed by atoms with Crippen molar-refractivity contribution < 1.29 is 4.52 Å². The summed E-state index contributed by atoms with van der Waals surface area (Å²) < 4.78 is 7.52. The summed E-state index contributed by atoms with van der Waals surface area (Å²) in [6.45, 7) is 9.47. The van der Waals surface area contributed by atoms with E-state index < -0.39 is 0 Å². The maximum absolute atomic E-state index is 5.57. The molecule has 7 heteroatoms. The number of rotatable bonds is 6. The Labute approximate surface area is 158 Å². The summed E-state index contributed by atoms with van der Waals surface area (Å²) in [6, 6.07) is 3.82. The number of aromatic nitrogens is 5. The van der Waals surface area contributed by atoms with Crippen LogP contribution in [0.25, 0.3) is 11.4 Å². The molecule has 3 aromatic rings. The molecule has 1 aliphatic heterocycles. The van der Waals surface area contributed by atoms with Crippen LogP contribution in [0.5, 0.6) is 0 Å². The lowest BCUT2D eigenvalue weighted by atomic mass is 9.97. The van der Waals surface area contributed by atoms with E-state index in [9.17, 15) is 0 Å². The molecule has 1 saturated heterocycles. The Hall–Kier alpha value is -2.80. The third kappa shape index (κ3) is 3.98. The van der Waals surface area contributed by atoms with Crippen LogP contribution in [0, 0.1) is 6.92 Å². The third-order valence-corrected chi connectivity index (χ3v) is 4.97. The summed E-state index contributed by atoms with van der Waals surface area (Å²) >= 11 is 0. The predicted octanol–water partition coefficient (Wildman–Crippen LogP) is 3.20. The van der Waals surface area contributed by atoms with Gasteiger partial charge in [0.25, 0.3) is 0 Å². The third-order valence-electron chi connectivity index (χ3n) is 4.97. The molecule has 1 unspecified atom stereocenters. The van der Waals surface area contributed by atoms with Gasteiger partial charge in [-0.3, -0.25) is 14.6 Å². The summed E-state index contributed by atoms with van der Waals surface area (Å²) in [4.78, 5) is 11.2. The van der Waals surface area contributed by atoms with E-state index in [1.807, 2.05) is 22.9 Å². The van der Waals surface area contributed by atoms with Crippen LogP contribution in [0.3, 0.4) is 0 Å². The fraction of sp³-hybridized carbons (Fsp3) is 0.400. The Kier molecular flexibility index (Phi) is 5.11. The van der Waals surface area contributed by atoms with Gasteiger partial charge in [-0.05, 0) is 38.4 Å². The van der Waals surface area contributed by atoms with Crippen LogP contribution in [0.15, 0.2) is 47.9 Å². The molecule has 0 aliphatic carbocycles. The fourth-order valence-electron chi connectivity index (χ4n) is 3.60. The highest BCUT2D eigenvalue weighted by atomic mass is 16.5. The van der Waals surface area contributed by atoms with Crippen LogP contribution in [-0.4, -0.2) is 42.9 Å². The van der Waals surface area contributed by atoms with Gasteiger partial charge in [0.05, 0.1) is 18.2 Å². The minimum atomic E-state index is 0.264. The first kappa shape index (κ1) is 17.6. The molecule has 0 saturated carbocycles. The van der Waals surface area contributed by atoms with Crippen molar-refractivity contribution in [2.45, 2.75) is 38.8 Å². The second-order valence-electron chi connectivity index (χ2n) is 7.02. The minimum absolute atomic E-state index is 0.264. The predicted molar refractivity (Wildman–Crippen MR) is 102 cm³/mol. The number of aryl methyl sites for hydroxylation is 1. The average Bonchev–Trinajstić information content (AvgIpc) is 3.31. The first-order valence-electron chi connectivity index (χ1n) is 9.33. The first-order valence-corrected chi connectivity index (χ1v) is 9.33. The summed E-state index contributed by atoms with van der Waals surface area (Å²) in [5, 5.41) is 8.69. The summed E-state index contributed by atoms with van der Waals surface area (Å²) in [5.74, 6) is 1.59. The lowest BCUT2D eigenvalue weighted by molar-refractivity contribution is 0.180. The number of piperidine rings is 1. The van der Waals surface area contributed by atoms with Gasteiger partial charge < -0.3 is 4.52 Å². The van der Waals surface area contributed by atoms with Gasteiger partial charge in [0.2, 0.25) is 11.7 Å². The molecule has 4 rings (SSSR count). The van der Waals surface area contributed by atoms with Gasteiger partial charge in [-0.1, -0.05) is 11.2 Å². The van der Waals surface area contributed by atoms with Gasteiger partial charge in [-0.25, -0.2) is 0 Å². The second kappa shape index (κ2) is 7.84. The quantitative estimate of drug-likeness (QED) is 0.626. The number of likely N-dealkylation sites (tertiary alicyclic amines) is 1. The Morgan fingerprint density at radius 3 is 3.15 bits per heavy atom. The molecule has 7 nitrogen and oxygen atoms in total. The molecular formula is C20H24N6O. The van der Waals surface area contributed by atoms with E-state index in [4.69, 9.17) is 4.52 Å². The summed E-state index contributed by atoms with van der Waals surface area (Å²) in [5.41, 5.74) is 3.22. The van der Waals surface area contributed by atoms with Crippen LogP contribution in [0.1, 0.15) is 35.9 Å². The van der Waals surface area contributed by atoms with Crippen LogP contribution >= 0.6 is 0 Å². The highest BCUT2D eigenvalue weighted by Gasteiger charge is 2.26. The summed E-state index contributed by atoms with van der Waals surface area (Å²) in [7, 11) is 0. The monoisotopic (exact) mass is 364 g/mol. The van der Waals surface area contributed by atoms with E-state index in [-0.39, 0.29) is 5.92 Å².